The first kappa shape index (κ1) is 35.7. The normalized spacial score (nSPS) is 21.1. The van der Waals surface area contributed by atoms with Crippen LogP contribution in [0.2, 0.25) is 5.02 Å². The molecule has 258 valence electrons. The highest BCUT2D eigenvalue weighted by Gasteiger charge is 2.57. The summed E-state index contributed by atoms with van der Waals surface area (Å²) in [7, 11) is 0. The third-order valence-corrected chi connectivity index (χ3v) is 10.1. The number of benzene rings is 1. The van der Waals surface area contributed by atoms with E-state index in [1.54, 1.807) is 23.3 Å². The number of rotatable bonds is 10. The standard InChI is InChI=1S/C35H39ClF3N3O5S/c1-4-8-29-34(47-25-19-22(3)48-21-25,15-7-17-42(29)32(44)31-27(35(37,38)39)9-6-16-40-31)33(45)41-18-14-23-20-24(36)10-11-26(23)28(41)12-13-30(43)46-5-2/h6,9-11,16,19-21,28-29H,4-5,7-8,12-15,17-18H2,1-3H3/t28?,29-,34+/m1/s1. The lowest BCUT2D eigenvalue weighted by atomic mass is 9.78. The third kappa shape index (κ3) is 7.34. The van der Waals surface area contributed by atoms with E-state index < -0.39 is 41.0 Å². The highest BCUT2D eigenvalue weighted by atomic mass is 35.5. The fourth-order valence-corrected chi connectivity index (χ4v) is 7.79. The maximum atomic E-state index is 15.3. The van der Waals surface area contributed by atoms with Crippen molar-refractivity contribution in [1.82, 2.24) is 14.8 Å². The van der Waals surface area contributed by atoms with E-state index in [4.69, 9.17) is 21.1 Å². The van der Waals surface area contributed by atoms with E-state index in [2.05, 4.69) is 4.98 Å². The van der Waals surface area contributed by atoms with Gasteiger partial charge in [0.1, 0.15) is 11.4 Å². The lowest BCUT2D eigenvalue weighted by molar-refractivity contribution is -0.163. The molecule has 4 heterocycles. The van der Waals surface area contributed by atoms with Gasteiger partial charge in [0.25, 0.3) is 11.8 Å². The number of likely N-dealkylation sites (tertiary alicyclic amines) is 1. The lowest BCUT2D eigenvalue weighted by Gasteiger charge is -2.51. The van der Waals surface area contributed by atoms with Gasteiger partial charge in [-0.05, 0) is 81.0 Å². The van der Waals surface area contributed by atoms with Gasteiger partial charge in [-0.15, -0.1) is 11.3 Å². The Bertz CT molecular complexity index is 1650. The van der Waals surface area contributed by atoms with Gasteiger partial charge in [-0.25, -0.2) is 0 Å². The Morgan fingerprint density at radius 1 is 1.10 bits per heavy atom. The minimum atomic E-state index is -4.80. The molecule has 3 atom stereocenters. The van der Waals surface area contributed by atoms with Crippen LogP contribution < -0.4 is 4.74 Å². The zero-order valence-electron chi connectivity index (χ0n) is 27.1. The number of carbonyl (C=O) groups is 3. The molecule has 2 amide bonds. The van der Waals surface area contributed by atoms with Crippen molar-refractivity contribution >= 4 is 40.7 Å². The van der Waals surface area contributed by atoms with Crippen molar-refractivity contribution < 1.29 is 37.0 Å². The molecular weight excluding hydrogens is 667 g/mol. The second-order valence-corrected chi connectivity index (χ2v) is 13.7. The Kier molecular flexibility index (Phi) is 11.0. The van der Waals surface area contributed by atoms with Crippen molar-refractivity contribution in [3.63, 3.8) is 0 Å². The number of esters is 1. The maximum Gasteiger partial charge on any atom is 0.418 e. The molecule has 1 saturated heterocycles. The number of aryl methyl sites for hydroxylation is 1. The van der Waals surface area contributed by atoms with E-state index in [1.807, 2.05) is 32.0 Å². The quantitative estimate of drug-likeness (QED) is 0.200. The molecule has 5 rings (SSSR count). The van der Waals surface area contributed by atoms with E-state index in [1.165, 1.54) is 16.2 Å². The molecule has 0 spiro atoms. The second-order valence-electron chi connectivity index (χ2n) is 12.1. The minimum Gasteiger partial charge on any atom is -0.474 e. The van der Waals surface area contributed by atoms with Crippen LogP contribution in [0, 0.1) is 6.92 Å². The van der Waals surface area contributed by atoms with Crippen LogP contribution in [0.3, 0.4) is 0 Å². The Balaban J connectivity index is 1.61. The first-order chi connectivity index (χ1) is 22.9. The number of fused-ring (bicyclic) bond motifs is 1. The van der Waals surface area contributed by atoms with Crippen LogP contribution in [-0.2, 0) is 26.9 Å². The summed E-state index contributed by atoms with van der Waals surface area (Å²) in [5, 5.41) is 2.35. The monoisotopic (exact) mass is 705 g/mol. The molecule has 1 aromatic carbocycles. The Morgan fingerprint density at radius 3 is 2.58 bits per heavy atom. The average molecular weight is 706 g/mol. The van der Waals surface area contributed by atoms with E-state index in [0.29, 0.717) is 43.0 Å². The maximum absolute atomic E-state index is 15.3. The van der Waals surface area contributed by atoms with Gasteiger partial charge in [0.2, 0.25) is 5.60 Å². The van der Waals surface area contributed by atoms with Crippen molar-refractivity contribution in [2.45, 2.75) is 89.6 Å². The number of ether oxygens (including phenoxy) is 2. The summed E-state index contributed by atoms with van der Waals surface area (Å²) in [6.45, 7) is 6.18. The van der Waals surface area contributed by atoms with Crippen LogP contribution in [0.5, 0.6) is 5.75 Å². The Hall–Kier alpha value is -3.64. The topological polar surface area (TPSA) is 89.0 Å². The molecule has 0 aliphatic carbocycles. The predicted octanol–water partition coefficient (Wildman–Crippen LogP) is 7.82. The number of piperidine rings is 1. The fraction of sp³-hybridized carbons (Fsp3) is 0.486. The van der Waals surface area contributed by atoms with Gasteiger partial charge in [0.05, 0.1) is 24.3 Å². The molecule has 1 fully saturated rings. The summed E-state index contributed by atoms with van der Waals surface area (Å²) < 4.78 is 54.1. The van der Waals surface area contributed by atoms with Gasteiger partial charge in [-0.3, -0.25) is 19.4 Å². The molecule has 48 heavy (non-hydrogen) atoms. The summed E-state index contributed by atoms with van der Waals surface area (Å²) in [6.07, 6.45) is -1.45. The van der Waals surface area contributed by atoms with Crippen molar-refractivity contribution in [2.75, 3.05) is 19.7 Å². The molecule has 13 heteroatoms. The molecule has 0 saturated carbocycles. The smallest absolute Gasteiger partial charge is 0.418 e. The molecular formula is C35H39ClF3N3O5S. The van der Waals surface area contributed by atoms with Crippen molar-refractivity contribution in [1.29, 1.82) is 0 Å². The van der Waals surface area contributed by atoms with E-state index in [-0.39, 0.29) is 44.3 Å². The van der Waals surface area contributed by atoms with Crippen molar-refractivity contribution in [2.24, 2.45) is 0 Å². The minimum absolute atomic E-state index is 0.0603. The van der Waals surface area contributed by atoms with Crippen LogP contribution in [0.15, 0.2) is 48.0 Å². The fourth-order valence-electron chi connectivity index (χ4n) is 6.99. The lowest BCUT2D eigenvalue weighted by Crippen LogP contribution is -2.68. The molecule has 2 aromatic heterocycles. The number of carbonyl (C=O) groups excluding carboxylic acids is 3. The average Bonchev–Trinajstić information content (AvgIpc) is 3.47. The van der Waals surface area contributed by atoms with Gasteiger partial charge in [0.15, 0.2) is 0 Å². The highest BCUT2D eigenvalue weighted by Crippen LogP contribution is 2.43. The molecule has 0 radical (unpaired) electrons. The van der Waals surface area contributed by atoms with Crippen LogP contribution in [0.1, 0.15) is 90.5 Å². The number of alkyl halides is 3. The van der Waals surface area contributed by atoms with Gasteiger partial charge >= 0.3 is 12.1 Å². The number of aromatic nitrogens is 1. The van der Waals surface area contributed by atoms with Gasteiger partial charge in [-0.2, -0.15) is 13.2 Å². The molecule has 2 aliphatic rings. The molecule has 8 nitrogen and oxygen atoms in total. The highest BCUT2D eigenvalue weighted by molar-refractivity contribution is 7.10. The van der Waals surface area contributed by atoms with Crippen LogP contribution in [0.25, 0.3) is 0 Å². The second kappa shape index (κ2) is 14.9. The van der Waals surface area contributed by atoms with Crippen molar-refractivity contribution in [3.05, 3.63) is 80.3 Å². The van der Waals surface area contributed by atoms with Gasteiger partial charge in [-0.1, -0.05) is 31.0 Å². The molecule has 0 N–H and O–H groups in total. The largest absolute Gasteiger partial charge is 0.474 e. The Labute approximate surface area is 287 Å². The first-order valence-corrected chi connectivity index (χ1v) is 17.5. The number of halogens is 4. The van der Waals surface area contributed by atoms with E-state index in [9.17, 15) is 22.8 Å². The van der Waals surface area contributed by atoms with Crippen LogP contribution in [0.4, 0.5) is 13.2 Å². The third-order valence-electron chi connectivity index (χ3n) is 9.02. The summed E-state index contributed by atoms with van der Waals surface area (Å²) in [4.78, 5) is 49.8. The number of pyridine rings is 1. The summed E-state index contributed by atoms with van der Waals surface area (Å²) in [5.74, 6) is -1.23. The first-order valence-electron chi connectivity index (χ1n) is 16.2. The number of amides is 2. The zero-order valence-corrected chi connectivity index (χ0v) is 28.7. The number of nitrogens with zero attached hydrogens (tertiary/aromatic N) is 3. The molecule has 2 aliphatic heterocycles. The molecule has 3 aromatic rings. The van der Waals surface area contributed by atoms with Crippen LogP contribution in [-0.4, -0.2) is 63.9 Å². The number of hydrogen-bond acceptors (Lipinski definition) is 7. The molecule has 1 unspecified atom stereocenters. The number of thiophene rings is 1. The summed E-state index contributed by atoms with van der Waals surface area (Å²) >= 11 is 7.77. The summed E-state index contributed by atoms with van der Waals surface area (Å²) in [5.41, 5.74) is -1.66. The predicted molar refractivity (Wildman–Crippen MR) is 176 cm³/mol. The van der Waals surface area contributed by atoms with E-state index in [0.717, 1.165) is 34.3 Å². The van der Waals surface area contributed by atoms with Crippen LogP contribution >= 0.6 is 22.9 Å². The van der Waals surface area contributed by atoms with E-state index >= 15 is 4.79 Å². The molecule has 0 bridgehead atoms. The van der Waals surface area contributed by atoms with Crippen molar-refractivity contribution in [3.8, 4) is 5.75 Å². The number of hydrogen-bond donors (Lipinski definition) is 0. The SMILES string of the molecule is CCC[C@H]1N(C(=O)c2ncccc2C(F)(F)F)CCC[C@@]1(Oc1csc(C)c1)C(=O)N1CCc2cc(Cl)ccc2C1CCC(=O)OCC. The Morgan fingerprint density at radius 2 is 1.90 bits per heavy atom. The van der Waals surface area contributed by atoms with Gasteiger partial charge in [0, 0.05) is 47.4 Å². The zero-order chi connectivity index (χ0) is 34.6. The van der Waals surface area contributed by atoms with Gasteiger partial charge < -0.3 is 19.3 Å². The summed E-state index contributed by atoms with van der Waals surface area (Å²) in [6, 6.07) is 7.84.